The molecule has 37 heavy (non-hydrogen) atoms. The molecule has 3 N–H and O–H groups in total. The molecule has 0 unspecified atom stereocenters. The summed E-state index contributed by atoms with van der Waals surface area (Å²) in [6, 6.07) is 7.65. The number of ether oxygens (including phenoxy) is 1. The maximum absolute atomic E-state index is 13.8. The van der Waals surface area contributed by atoms with E-state index in [-0.39, 0.29) is 57.7 Å². The highest BCUT2D eigenvalue weighted by molar-refractivity contribution is 6.31. The summed E-state index contributed by atoms with van der Waals surface area (Å²) in [4.78, 5) is 53.8. The van der Waals surface area contributed by atoms with Crippen LogP contribution >= 0.6 is 0 Å². The van der Waals surface area contributed by atoms with Gasteiger partial charge in [-0.3, -0.25) is 19.2 Å². The number of rotatable bonds is 4. The van der Waals surface area contributed by atoms with Crippen LogP contribution in [0.1, 0.15) is 47.8 Å². The molecule has 1 aliphatic carbocycles. The number of para-hydroxylation sites is 1. The Hall–Kier alpha value is -4.40. The normalized spacial score (nSPS) is 21.1. The number of ketones is 3. The van der Waals surface area contributed by atoms with Crippen molar-refractivity contribution in [2.45, 2.75) is 39.5 Å². The summed E-state index contributed by atoms with van der Waals surface area (Å²) in [5.41, 5.74) is 0.239. The molecule has 9 heteroatoms. The first kappa shape index (κ1) is 24.3. The number of aromatic hydroxyl groups is 2. The van der Waals surface area contributed by atoms with E-state index in [0.29, 0.717) is 6.54 Å². The predicted octanol–water partition coefficient (Wildman–Crippen LogP) is 2.75. The molecule has 1 amide bonds. The van der Waals surface area contributed by atoms with Gasteiger partial charge in [0.15, 0.2) is 17.3 Å². The van der Waals surface area contributed by atoms with Crippen molar-refractivity contribution in [3.63, 3.8) is 0 Å². The molecular weight excluding hydrogens is 476 g/mol. The fourth-order valence-corrected chi connectivity index (χ4v) is 5.35. The second-order valence-corrected chi connectivity index (χ2v) is 9.66. The third kappa shape index (κ3) is 3.37. The number of phenols is 2. The van der Waals surface area contributed by atoms with Crippen LogP contribution in [0.2, 0.25) is 0 Å². The molecule has 2 aliphatic heterocycles. The third-order valence-electron chi connectivity index (χ3n) is 7.45. The standard InChI is InChI=1S/C28H26N2O7/c1-13-24(34)22(15(3)31)26-23(25(13)35)28(4)19(37-26)11-18(32)21(27(28)36)14(2)29-12-20(33)30-10-9-16-7-5-6-8-17(16)30/h5-8,11,29,34-35H,9-10,12H2,1-4H3/t28-/m0/s1. The van der Waals surface area contributed by atoms with Gasteiger partial charge in [-0.05, 0) is 45.7 Å². The number of nitrogens with zero attached hydrogens (tertiary/aromatic N) is 1. The van der Waals surface area contributed by atoms with Gasteiger partial charge < -0.3 is 25.2 Å². The van der Waals surface area contributed by atoms with Gasteiger partial charge in [0.2, 0.25) is 5.91 Å². The number of allylic oxidation sites excluding steroid dienone is 4. The van der Waals surface area contributed by atoms with Crippen molar-refractivity contribution in [2.24, 2.45) is 0 Å². The zero-order valence-electron chi connectivity index (χ0n) is 20.9. The molecule has 0 saturated carbocycles. The largest absolute Gasteiger partial charge is 0.507 e. The van der Waals surface area contributed by atoms with Gasteiger partial charge in [0.05, 0.1) is 17.7 Å². The molecule has 3 aliphatic rings. The Morgan fingerprint density at radius 3 is 2.54 bits per heavy atom. The lowest BCUT2D eigenvalue weighted by Crippen LogP contribution is -2.42. The molecule has 0 aromatic heterocycles. The van der Waals surface area contributed by atoms with Crippen molar-refractivity contribution in [2.75, 3.05) is 18.0 Å². The number of benzene rings is 2. The van der Waals surface area contributed by atoms with Crippen molar-refractivity contribution in [3.05, 3.63) is 69.6 Å². The van der Waals surface area contributed by atoms with E-state index < -0.39 is 28.5 Å². The van der Waals surface area contributed by atoms with Crippen molar-refractivity contribution >= 4 is 28.9 Å². The maximum Gasteiger partial charge on any atom is 0.246 e. The number of amides is 1. The molecule has 0 fully saturated rings. The number of carbonyl (C=O) groups excluding carboxylic acids is 4. The molecule has 0 spiro atoms. The highest BCUT2D eigenvalue weighted by Gasteiger charge is 2.56. The van der Waals surface area contributed by atoms with Gasteiger partial charge in [-0.2, -0.15) is 0 Å². The fourth-order valence-electron chi connectivity index (χ4n) is 5.35. The zero-order valence-corrected chi connectivity index (χ0v) is 20.9. The first-order valence-electron chi connectivity index (χ1n) is 11.9. The molecule has 9 nitrogen and oxygen atoms in total. The van der Waals surface area contributed by atoms with E-state index in [9.17, 15) is 29.4 Å². The Labute approximate surface area is 213 Å². The van der Waals surface area contributed by atoms with Crippen LogP contribution in [0, 0.1) is 6.92 Å². The maximum atomic E-state index is 13.8. The molecule has 190 valence electrons. The van der Waals surface area contributed by atoms with E-state index in [2.05, 4.69) is 5.32 Å². The van der Waals surface area contributed by atoms with E-state index >= 15 is 0 Å². The molecule has 2 aromatic rings. The Morgan fingerprint density at radius 2 is 1.84 bits per heavy atom. The van der Waals surface area contributed by atoms with E-state index in [1.807, 2.05) is 24.3 Å². The molecular formula is C28H26N2O7. The molecule has 0 saturated heterocycles. The molecule has 5 rings (SSSR count). The number of nitrogens with one attached hydrogen (secondary N) is 1. The summed E-state index contributed by atoms with van der Waals surface area (Å²) in [7, 11) is 0. The van der Waals surface area contributed by atoms with Crippen LogP contribution in [0.15, 0.2) is 47.4 Å². The summed E-state index contributed by atoms with van der Waals surface area (Å²) in [5.74, 6) is -3.01. The van der Waals surface area contributed by atoms with Crippen molar-refractivity contribution < 1.29 is 34.1 Å². The number of Topliss-reactive ketones (excluding diaryl/α,β-unsaturated/α-hetero) is 2. The van der Waals surface area contributed by atoms with Crippen molar-refractivity contribution in [3.8, 4) is 17.2 Å². The van der Waals surface area contributed by atoms with Gasteiger partial charge in [-0.15, -0.1) is 0 Å². The second-order valence-electron chi connectivity index (χ2n) is 9.66. The van der Waals surface area contributed by atoms with Gasteiger partial charge in [-0.25, -0.2) is 0 Å². The Bertz CT molecular complexity index is 1500. The van der Waals surface area contributed by atoms with E-state index in [1.54, 1.807) is 4.90 Å². The topological polar surface area (TPSA) is 133 Å². The van der Waals surface area contributed by atoms with Gasteiger partial charge in [-0.1, -0.05) is 18.2 Å². The summed E-state index contributed by atoms with van der Waals surface area (Å²) in [6.45, 7) is 6.12. The van der Waals surface area contributed by atoms with Gasteiger partial charge in [0, 0.05) is 29.6 Å². The van der Waals surface area contributed by atoms with Gasteiger partial charge in [0.25, 0.3) is 0 Å². The number of phenolic OH excluding ortho intramolecular Hbond substituents is 2. The highest BCUT2D eigenvalue weighted by atomic mass is 16.5. The van der Waals surface area contributed by atoms with Crippen molar-refractivity contribution in [1.82, 2.24) is 5.32 Å². The predicted molar refractivity (Wildman–Crippen MR) is 134 cm³/mol. The van der Waals surface area contributed by atoms with Crippen LogP contribution < -0.4 is 15.0 Å². The van der Waals surface area contributed by atoms with Crippen LogP contribution in [0.4, 0.5) is 5.69 Å². The molecule has 2 aromatic carbocycles. The lowest BCUT2D eigenvalue weighted by atomic mass is 9.70. The number of hydrogen-bond acceptors (Lipinski definition) is 8. The third-order valence-corrected chi connectivity index (χ3v) is 7.45. The van der Waals surface area contributed by atoms with Crippen LogP contribution in [0.25, 0.3) is 0 Å². The number of anilines is 1. The minimum Gasteiger partial charge on any atom is -0.507 e. The molecule has 0 radical (unpaired) electrons. The lowest BCUT2D eigenvalue weighted by molar-refractivity contribution is -0.124. The minimum absolute atomic E-state index is 0.0202. The summed E-state index contributed by atoms with van der Waals surface area (Å²) < 4.78 is 5.77. The fraction of sp³-hybridized carbons (Fsp3) is 0.286. The summed E-state index contributed by atoms with van der Waals surface area (Å²) in [6.07, 6.45) is 1.90. The monoisotopic (exact) mass is 502 g/mol. The number of carbonyl (C=O) groups is 4. The van der Waals surface area contributed by atoms with Crippen LogP contribution in [-0.4, -0.2) is 46.6 Å². The average Bonchev–Trinajstić information content (AvgIpc) is 3.41. The quantitative estimate of drug-likeness (QED) is 0.330. The average molecular weight is 503 g/mol. The van der Waals surface area contributed by atoms with Gasteiger partial charge in [0.1, 0.15) is 34.0 Å². The molecule has 2 heterocycles. The summed E-state index contributed by atoms with van der Waals surface area (Å²) in [5, 5.41) is 24.3. The first-order chi connectivity index (χ1) is 17.5. The highest BCUT2D eigenvalue weighted by Crippen LogP contribution is 2.57. The number of hydrogen-bond donors (Lipinski definition) is 3. The second kappa shape index (κ2) is 8.33. The Balaban J connectivity index is 1.50. The van der Waals surface area contributed by atoms with E-state index in [1.165, 1.54) is 27.7 Å². The van der Waals surface area contributed by atoms with Crippen LogP contribution in [0.5, 0.6) is 17.2 Å². The minimum atomic E-state index is -1.60. The van der Waals surface area contributed by atoms with Gasteiger partial charge >= 0.3 is 0 Å². The zero-order chi connectivity index (χ0) is 26.8. The first-order valence-corrected chi connectivity index (χ1v) is 11.9. The van der Waals surface area contributed by atoms with Crippen LogP contribution in [0.3, 0.4) is 0 Å². The smallest absolute Gasteiger partial charge is 0.246 e. The van der Waals surface area contributed by atoms with Crippen molar-refractivity contribution in [1.29, 1.82) is 0 Å². The SMILES string of the molecule is CC(=O)c1c(O)c(C)c(O)c2c1OC1=CC(=O)C(=C(C)NCC(=O)N3CCc4ccccc43)C(=O)[C@@]12C. The Morgan fingerprint density at radius 1 is 1.14 bits per heavy atom. The van der Waals surface area contributed by atoms with E-state index in [0.717, 1.165) is 23.7 Å². The number of fused-ring (bicyclic) bond motifs is 4. The van der Waals surface area contributed by atoms with Crippen LogP contribution in [-0.2, 0) is 26.2 Å². The Kier molecular flexibility index (Phi) is 5.47. The molecule has 1 atom stereocenters. The summed E-state index contributed by atoms with van der Waals surface area (Å²) >= 11 is 0. The molecule has 0 bridgehead atoms. The van der Waals surface area contributed by atoms with E-state index in [4.69, 9.17) is 4.74 Å². The lowest BCUT2D eigenvalue weighted by Gasteiger charge is -2.29.